The molecule has 2 aromatic carbocycles. The van der Waals surface area contributed by atoms with Crippen LogP contribution < -0.4 is 4.74 Å². The quantitative estimate of drug-likeness (QED) is 0.931. The summed E-state index contributed by atoms with van der Waals surface area (Å²) in [5, 5.41) is 8.78. The van der Waals surface area contributed by atoms with Gasteiger partial charge < -0.3 is 9.84 Å². The van der Waals surface area contributed by atoms with Crippen LogP contribution in [0.3, 0.4) is 0 Å². The third-order valence-electron chi connectivity index (χ3n) is 2.70. The summed E-state index contributed by atoms with van der Waals surface area (Å²) in [6.07, 6.45) is 0. The molecule has 0 saturated carbocycles. The highest BCUT2D eigenvalue weighted by Gasteiger charge is 2.08. The second-order valence-electron chi connectivity index (χ2n) is 4.04. The molecule has 0 aromatic heterocycles. The van der Waals surface area contributed by atoms with Crippen LogP contribution in [0.4, 0.5) is 0 Å². The second kappa shape index (κ2) is 6.03. The van der Waals surface area contributed by atoms with Gasteiger partial charge in [0, 0.05) is 4.47 Å². The van der Waals surface area contributed by atoms with Gasteiger partial charge in [-0.15, -0.1) is 0 Å². The maximum Gasteiger partial charge on any atom is 0.123 e. The zero-order chi connectivity index (χ0) is 13.0. The van der Waals surface area contributed by atoms with Gasteiger partial charge in [-0.25, -0.2) is 0 Å². The van der Waals surface area contributed by atoms with Crippen molar-refractivity contribution in [2.75, 3.05) is 13.2 Å². The summed E-state index contributed by atoms with van der Waals surface area (Å²) < 4.78 is 6.47. The third kappa shape index (κ3) is 2.92. The number of aryl methyl sites for hydroxylation is 1. The Hall–Kier alpha value is -1.32. The van der Waals surface area contributed by atoms with Gasteiger partial charge in [0.25, 0.3) is 0 Å². The molecule has 0 amide bonds. The van der Waals surface area contributed by atoms with Crippen molar-refractivity contribution in [2.24, 2.45) is 0 Å². The standard InChI is InChI=1S/C15H15BrO2/c1-11-9-13(12-5-3-2-4-6-12)14(16)10-15(11)18-8-7-17/h2-6,9-10,17H,7-8H2,1H3. The van der Waals surface area contributed by atoms with E-state index in [1.807, 2.05) is 31.2 Å². The molecule has 18 heavy (non-hydrogen) atoms. The van der Waals surface area contributed by atoms with E-state index < -0.39 is 0 Å². The van der Waals surface area contributed by atoms with E-state index in [4.69, 9.17) is 9.84 Å². The van der Waals surface area contributed by atoms with Gasteiger partial charge in [-0.05, 0) is 35.7 Å². The summed E-state index contributed by atoms with van der Waals surface area (Å²) in [5.41, 5.74) is 3.37. The molecule has 0 aliphatic rings. The van der Waals surface area contributed by atoms with E-state index in [0.29, 0.717) is 6.61 Å². The normalized spacial score (nSPS) is 10.4. The molecular formula is C15H15BrO2. The Balaban J connectivity index is 2.37. The Bertz CT molecular complexity index is 524. The Kier molecular flexibility index (Phi) is 4.39. The lowest BCUT2D eigenvalue weighted by molar-refractivity contribution is 0.200. The molecule has 0 unspecified atom stereocenters. The van der Waals surface area contributed by atoms with Gasteiger partial charge in [0.05, 0.1) is 6.61 Å². The number of halogens is 1. The lowest BCUT2D eigenvalue weighted by atomic mass is 10.0. The number of ether oxygens (including phenoxy) is 1. The minimum absolute atomic E-state index is 0.0253. The van der Waals surface area contributed by atoms with E-state index in [0.717, 1.165) is 21.3 Å². The number of hydrogen-bond acceptors (Lipinski definition) is 2. The molecule has 0 radical (unpaired) electrons. The van der Waals surface area contributed by atoms with E-state index in [2.05, 4.69) is 34.1 Å². The van der Waals surface area contributed by atoms with Crippen LogP contribution in [0.25, 0.3) is 11.1 Å². The van der Waals surface area contributed by atoms with Crippen LogP contribution >= 0.6 is 15.9 Å². The van der Waals surface area contributed by atoms with E-state index in [9.17, 15) is 0 Å². The summed E-state index contributed by atoms with van der Waals surface area (Å²) in [4.78, 5) is 0. The van der Waals surface area contributed by atoms with E-state index in [1.54, 1.807) is 0 Å². The maximum atomic E-state index is 8.78. The van der Waals surface area contributed by atoms with Gasteiger partial charge in [-0.1, -0.05) is 46.3 Å². The molecular weight excluding hydrogens is 292 g/mol. The van der Waals surface area contributed by atoms with Crippen molar-refractivity contribution >= 4 is 15.9 Å². The second-order valence-corrected chi connectivity index (χ2v) is 4.89. The van der Waals surface area contributed by atoms with Crippen LogP contribution in [0, 0.1) is 6.92 Å². The molecule has 94 valence electrons. The van der Waals surface area contributed by atoms with Crippen molar-refractivity contribution in [2.45, 2.75) is 6.92 Å². The van der Waals surface area contributed by atoms with Crippen LogP contribution in [0.5, 0.6) is 5.75 Å². The fourth-order valence-electron chi connectivity index (χ4n) is 1.81. The third-order valence-corrected chi connectivity index (χ3v) is 3.35. The van der Waals surface area contributed by atoms with Crippen molar-refractivity contribution in [1.82, 2.24) is 0 Å². The highest BCUT2D eigenvalue weighted by Crippen LogP contribution is 2.33. The topological polar surface area (TPSA) is 29.5 Å². The summed E-state index contributed by atoms with van der Waals surface area (Å²) in [6.45, 7) is 2.35. The average molecular weight is 307 g/mol. The first-order valence-corrected chi connectivity index (χ1v) is 6.61. The highest BCUT2D eigenvalue weighted by molar-refractivity contribution is 9.10. The van der Waals surface area contributed by atoms with Crippen molar-refractivity contribution in [3.8, 4) is 16.9 Å². The number of aliphatic hydroxyl groups is 1. The average Bonchev–Trinajstić information content (AvgIpc) is 2.40. The van der Waals surface area contributed by atoms with Crippen LogP contribution in [0.15, 0.2) is 46.9 Å². The first-order chi connectivity index (χ1) is 8.72. The van der Waals surface area contributed by atoms with Crippen molar-refractivity contribution < 1.29 is 9.84 Å². The predicted octanol–water partition coefficient (Wildman–Crippen LogP) is 3.80. The van der Waals surface area contributed by atoms with Gasteiger partial charge in [-0.3, -0.25) is 0 Å². The molecule has 0 fully saturated rings. The molecule has 2 nitrogen and oxygen atoms in total. The molecule has 0 atom stereocenters. The predicted molar refractivity (Wildman–Crippen MR) is 76.9 cm³/mol. The minimum atomic E-state index is 0.0253. The fraction of sp³-hybridized carbons (Fsp3) is 0.200. The monoisotopic (exact) mass is 306 g/mol. The molecule has 1 N–H and O–H groups in total. The van der Waals surface area contributed by atoms with Crippen molar-refractivity contribution in [3.63, 3.8) is 0 Å². The van der Waals surface area contributed by atoms with Gasteiger partial charge in [-0.2, -0.15) is 0 Å². The largest absolute Gasteiger partial charge is 0.491 e. The summed E-state index contributed by atoms with van der Waals surface area (Å²) in [7, 11) is 0. The smallest absolute Gasteiger partial charge is 0.123 e. The van der Waals surface area contributed by atoms with Crippen LogP contribution in [0.2, 0.25) is 0 Å². The SMILES string of the molecule is Cc1cc(-c2ccccc2)c(Br)cc1OCCO. The summed E-state index contributed by atoms with van der Waals surface area (Å²) in [5.74, 6) is 0.801. The number of aliphatic hydroxyl groups excluding tert-OH is 1. The van der Waals surface area contributed by atoms with Crippen LogP contribution in [-0.2, 0) is 0 Å². The van der Waals surface area contributed by atoms with Crippen molar-refractivity contribution in [1.29, 1.82) is 0 Å². The molecule has 3 heteroatoms. The summed E-state index contributed by atoms with van der Waals surface area (Å²) >= 11 is 3.57. The Morgan fingerprint density at radius 2 is 1.89 bits per heavy atom. The zero-order valence-electron chi connectivity index (χ0n) is 10.2. The lowest BCUT2D eigenvalue weighted by Crippen LogP contribution is -2.03. The van der Waals surface area contributed by atoms with Gasteiger partial charge >= 0.3 is 0 Å². The fourth-order valence-corrected chi connectivity index (χ4v) is 2.36. The molecule has 0 heterocycles. The Morgan fingerprint density at radius 1 is 1.17 bits per heavy atom. The molecule has 2 aromatic rings. The maximum absolute atomic E-state index is 8.78. The van der Waals surface area contributed by atoms with Crippen LogP contribution in [0.1, 0.15) is 5.56 Å². The van der Waals surface area contributed by atoms with E-state index in [1.165, 1.54) is 5.56 Å². The molecule has 0 bridgehead atoms. The van der Waals surface area contributed by atoms with E-state index in [-0.39, 0.29) is 6.61 Å². The first kappa shape index (κ1) is 13.1. The molecule has 0 spiro atoms. The number of benzene rings is 2. The Morgan fingerprint density at radius 3 is 2.56 bits per heavy atom. The molecule has 0 aliphatic heterocycles. The highest BCUT2D eigenvalue weighted by atomic mass is 79.9. The van der Waals surface area contributed by atoms with Gasteiger partial charge in [0.15, 0.2) is 0 Å². The molecule has 2 rings (SSSR count). The zero-order valence-corrected chi connectivity index (χ0v) is 11.8. The van der Waals surface area contributed by atoms with Crippen molar-refractivity contribution in [3.05, 3.63) is 52.5 Å². The Labute approximate surface area is 115 Å². The number of hydrogen-bond donors (Lipinski definition) is 1. The lowest BCUT2D eigenvalue weighted by Gasteiger charge is -2.12. The number of rotatable bonds is 4. The summed E-state index contributed by atoms with van der Waals surface area (Å²) in [6, 6.07) is 14.2. The molecule has 0 saturated heterocycles. The first-order valence-electron chi connectivity index (χ1n) is 5.81. The van der Waals surface area contributed by atoms with Crippen LogP contribution in [-0.4, -0.2) is 18.3 Å². The van der Waals surface area contributed by atoms with E-state index >= 15 is 0 Å². The minimum Gasteiger partial charge on any atom is -0.491 e. The van der Waals surface area contributed by atoms with Gasteiger partial charge in [0.1, 0.15) is 12.4 Å². The molecule has 0 aliphatic carbocycles. The van der Waals surface area contributed by atoms with Gasteiger partial charge in [0.2, 0.25) is 0 Å².